The van der Waals surface area contributed by atoms with Crippen molar-refractivity contribution in [1.29, 1.82) is 0 Å². The third-order valence-corrected chi connectivity index (χ3v) is 8.89. The summed E-state index contributed by atoms with van der Waals surface area (Å²) in [5.74, 6) is -1.46. The molecule has 3 saturated heterocycles. The molecule has 0 radical (unpaired) electrons. The minimum absolute atomic E-state index is 0.0719. The predicted octanol–water partition coefficient (Wildman–Crippen LogP) is 1.07. The fourth-order valence-corrected chi connectivity index (χ4v) is 7.26. The summed E-state index contributed by atoms with van der Waals surface area (Å²) in [6.45, 7) is 3.28. The summed E-state index contributed by atoms with van der Waals surface area (Å²) in [6.07, 6.45) is 0.657. The van der Waals surface area contributed by atoms with Gasteiger partial charge in [-0.3, -0.25) is 9.69 Å². The minimum Gasteiger partial charge on any atom is -0.383 e. The Labute approximate surface area is 193 Å². The molecular weight excluding hydrogens is 456 g/mol. The van der Waals surface area contributed by atoms with Crippen LogP contribution in [0.15, 0.2) is 18.2 Å². The van der Waals surface area contributed by atoms with Crippen LogP contribution in [0.3, 0.4) is 0 Å². The minimum atomic E-state index is -3.52. The summed E-state index contributed by atoms with van der Waals surface area (Å²) in [5.41, 5.74) is -0.589. The van der Waals surface area contributed by atoms with Crippen LogP contribution in [0.1, 0.15) is 18.4 Å². The SMILES string of the molecule is COCCN1[C@@H]2CCN(Cc3ccc(F)cc3F)C[C@@]2(C(=O)N2CCOCC2)CCS1(=O)=O. The van der Waals surface area contributed by atoms with Crippen LogP contribution in [-0.2, 0) is 30.8 Å². The van der Waals surface area contributed by atoms with Crippen molar-refractivity contribution in [1.82, 2.24) is 14.1 Å². The molecule has 0 spiro atoms. The molecule has 0 aliphatic carbocycles. The zero-order chi connectivity index (χ0) is 23.6. The van der Waals surface area contributed by atoms with Crippen molar-refractivity contribution < 1.29 is 31.5 Å². The van der Waals surface area contributed by atoms with Crippen molar-refractivity contribution in [2.45, 2.75) is 25.4 Å². The molecule has 3 heterocycles. The zero-order valence-corrected chi connectivity index (χ0v) is 19.7. The maximum atomic E-state index is 14.3. The standard InChI is InChI=1S/C22H31F2N3O5S/c1-31-10-9-27-20-4-6-25(15-17-2-3-18(23)14-19(17)24)16-22(20,5-13-33(27,29)30)21(28)26-7-11-32-12-8-26/h2-3,14,20H,4-13,15-16H2,1H3/t20-,22+/m1/s1. The van der Waals surface area contributed by atoms with Crippen LogP contribution in [0.4, 0.5) is 8.78 Å². The van der Waals surface area contributed by atoms with Crippen LogP contribution in [0.5, 0.6) is 0 Å². The third kappa shape index (κ3) is 4.93. The topological polar surface area (TPSA) is 79.4 Å². The van der Waals surface area contributed by atoms with Gasteiger partial charge in [-0.1, -0.05) is 6.07 Å². The van der Waals surface area contributed by atoms with Crippen molar-refractivity contribution in [2.75, 3.05) is 65.4 Å². The lowest BCUT2D eigenvalue weighted by Crippen LogP contribution is -2.69. The second-order valence-corrected chi connectivity index (χ2v) is 11.0. The van der Waals surface area contributed by atoms with Gasteiger partial charge in [0.25, 0.3) is 0 Å². The summed E-state index contributed by atoms with van der Waals surface area (Å²) in [7, 11) is -2.00. The normalized spacial score (nSPS) is 28.5. The Morgan fingerprint density at radius 2 is 2.00 bits per heavy atom. The second-order valence-electron chi connectivity index (χ2n) is 8.98. The molecule has 11 heteroatoms. The zero-order valence-electron chi connectivity index (χ0n) is 18.8. The smallest absolute Gasteiger partial charge is 0.231 e. The largest absolute Gasteiger partial charge is 0.383 e. The lowest BCUT2D eigenvalue weighted by atomic mass is 9.71. The molecule has 4 rings (SSSR count). The molecule has 3 aliphatic rings. The molecule has 0 unspecified atom stereocenters. The lowest BCUT2D eigenvalue weighted by molar-refractivity contribution is -0.155. The molecule has 3 fully saturated rings. The van der Waals surface area contributed by atoms with E-state index in [0.29, 0.717) is 51.4 Å². The Morgan fingerprint density at radius 1 is 1.24 bits per heavy atom. The summed E-state index contributed by atoms with van der Waals surface area (Å²) in [6, 6.07) is 3.01. The molecule has 1 aromatic rings. The van der Waals surface area contributed by atoms with E-state index in [1.165, 1.54) is 23.5 Å². The van der Waals surface area contributed by atoms with Gasteiger partial charge in [0.05, 0.1) is 31.0 Å². The molecule has 0 N–H and O–H groups in total. The molecule has 0 bridgehead atoms. The number of hydrogen-bond acceptors (Lipinski definition) is 6. The van der Waals surface area contributed by atoms with Crippen molar-refractivity contribution in [2.24, 2.45) is 5.41 Å². The fraction of sp³-hybridized carbons (Fsp3) is 0.682. The first kappa shape index (κ1) is 24.5. The van der Waals surface area contributed by atoms with Gasteiger partial charge in [-0.15, -0.1) is 0 Å². The Balaban J connectivity index is 1.65. The molecule has 3 aliphatic heterocycles. The first-order valence-corrected chi connectivity index (χ1v) is 12.9. The molecule has 2 atom stereocenters. The Bertz CT molecular complexity index is 973. The highest BCUT2D eigenvalue weighted by Gasteiger charge is 2.58. The average molecular weight is 488 g/mol. The van der Waals surface area contributed by atoms with Gasteiger partial charge in [0, 0.05) is 64.0 Å². The van der Waals surface area contributed by atoms with Crippen LogP contribution in [0.2, 0.25) is 0 Å². The molecule has 1 aromatic carbocycles. The lowest BCUT2D eigenvalue weighted by Gasteiger charge is -2.54. The molecule has 33 heavy (non-hydrogen) atoms. The number of amides is 1. The van der Waals surface area contributed by atoms with E-state index in [9.17, 15) is 22.0 Å². The van der Waals surface area contributed by atoms with E-state index < -0.39 is 33.1 Å². The first-order chi connectivity index (χ1) is 15.8. The van der Waals surface area contributed by atoms with Gasteiger partial charge in [0.2, 0.25) is 15.9 Å². The van der Waals surface area contributed by atoms with Crippen LogP contribution >= 0.6 is 0 Å². The number of carbonyl (C=O) groups excluding carboxylic acids is 1. The molecule has 184 valence electrons. The van der Waals surface area contributed by atoms with Crippen molar-refractivity contribution in [3.63, 3.8) is 0 Å². The number of rotatable bonds is 6. The Hall–Kier alpha value is -1.66. The first-order valence-electron chi connectivity index (χ1n) is 11.3. The maximum absolute atomic E-state index is 14.3. The highest BCUT2D eigenvalue weighted by Crippen LogP contribution is 2.44. The second kappa shape index (κ2) is 9.91. The Morgan fingerprint density at radius 3 is 2.70 bits per heavy atom. The number of halogens is 2. The van der Waals surface area contributed by atoms with E-state index in [2.05, 4.69) is 0 Å². The van der Waals surface area contributed by atoms with Crippen molar-refractivity contribution >= 4 is 15.9 Å². The van der Waals surface area contributed by atoms with E-state index in [-0.39, 0.29) is 37.8 Å². The van der Waals surface area contributed by atoms with E-state index in [0.717, 1.165) is 6.07 Å². The number of fused-ring (bicyclic) bond motifs is 1. The highest BCUT2D eigenvalue weighted by molar-refractivity contribution is 7.89. The molecule has 8 nitrogen and oxygen atoms in total. The van der Waals surface area contributed by atoms with Gasteiger partial charge >= 0.3 is 0 Å². The number of carbonyl (C=O) groups is 1. The van der Waals surface area contributed by atoms with Crippen LogP contribution in [-0.4, -0.2) is 99.9 Å². The highest BCUT2D eigenvalue weighted by atomic mass is 32.2. The van der Waals surface area contributed by atoms with Gasteiger partial charge in [-0.2, -0.15) is 4.31 Å². The number of likely N-dealkylation sites (tertiary alicyclic amines) is 1. The van der Waals surface area contributed by atoms with Crippen LogP contribution < -0.4 is 0 Å². The number of piperidine rings is 1. The number of morpholine rings is 1. The van der Waals surface area contributed by atoms with Crippen molar-refractivity contribution in [3.8, 4) is 0 Å². The summed E-state index contributed by atoms with van der Waals surface area (Å²) >= 11 is 0. The number of benzene rings is 1. The van der Waals surface area contributed by atoms with Gasteiger partial charge in [0.1, 0.15) is 11.6 Å². The number of nitrogens with zero attached hydrogens (tertiary/aromatic N) is 3. The van der Waals surface area contributed by atoms with Gasteiger partial charge in [-0.05, 0) is 18.9 Å². The average Bonchev–Trinajstić information content (AvgIpc) is 2.80. The quantitative estimate of drug-likeness (QED) is 0.597. The molecule has 0 saturated carbocycles. The van der Waals surface area contributed by atoms with Gasteiger partial charge in [0.15, 0.2) is 0 Å². The maximum Gasteiger partial charge on any atom is 0.231 e. The predicted molar refractivity (Wildman–Crippen MR) is 117 cm³/mol. The summed E-state index contributed by atoms with van der Waals surface area (Å²) in [5, 5.41) is 0. The number of hydrogen-bond donors (Lipinski definition) is 0. The van der Waals surface area contributed by atoms with Crippen molar-refractivity contribution in [3.05, 3.63) is 35.4 Å². The summed E-state index contributed by atoms with van der Waals surface area (Å²) < 4.78 is 65.6. The Kier molecular flexibility index (Phi) is 7.35. The van der Waals surface area contributed by atoms with Crippen LogP contribution in [0, 0.1) is 17.0 Å². The monoisotopic (exact) mass is 487 g/mol. The van der Waals surface area contributed by atoms with E-state index in [1.54, 1.807) is 4.90 Å². The number of methoxy groups -OCH3 is 1. The molecular formula is C22H31F2N3O5S. The van der Waals surface area contributed by atoms with E-state index in [4.69, 9.17) is 9.47 Å². The number of ether oxygens (including phenoxy) is 2. The summed E-state index contributed by atoms with van der Waals surface area (Å²) in [4.78, 5) is 17.7. The van der Waals surface area contributed by atoms with Gasteiger partial charge < -0.3 is 14.4 Å². The van der Waals surface area contributed by atoms with E-state index >= 15 is 0 Å². The fourth-order valence-electron chi connectivity index (χ4n) is 5.35. The third-order valence-electron chi connectivity index (χ3n) is 7.02. The molecule has 0 aromatic heterocycles. The van der Waals surface area contributed by atoms with E-state index in [1.807, 2.05) is 4.90 Å². The van der Waals surface area contributed by atoms with Crippen LogP contribution in [0.25, 0.3) is 0 Å². The molecule has 1 amide bonds. The number of sulfonamides is 1. The van der Waals surface area contributed by atoms with Gasteiger partial charge in [-0.25, -0.2) is 17.2 Å².